The molecule has 190 valence electrons. The smallest absolute Gasteiger partial charge is 0.266 e. The highest BCUT2D eigenvalue weighted by Crippen LogP contribution is 2.37. The van der Waals surface area contributed by atoms with Gasteiger partial charge < -0.3 is 9.88 Å². The number of aromatic nitrogens is 1. The van der Waals surface area contributed by atoms with E-state index in [2.05, 4.69) is 40.2 Å². The summed E-state index contributed by atoms with van der Waals surface area (Å²) in [6, 6.07) is 48.2. The van der Waals surface area contributed by atoms with Gasteiger partial charge in [0.15, 0.2) is 0 Å². The van der Waals surface area contributed by atoms with Crippen molar-refractivity contribution in [1.82, 2.24) is 4.57 Å². The molecule has 0 saturated heterocycles. The third-order valence-corrected chi connectivity index (χ3v) is 6.83. The molecule has 1 N–H and O–H groups in total. The normalized spacial score (nSPS) is 11.2. The average Bonchev–Trinajstić information content (AvgIpc) is 3.40. The first-order valence-electron chi connectivity index (χ1n) is 13.1. The summed E-state index contributed by atoms with van der Waals surface area (Å²) in [5.74, 6) is -0.453. The van der Waals surface area contributed by atoms with E-state index in [9.17, 15) is 10.1 Å². The first-order chi connectivity index (χ1) is 19.7. The molecule has 4 heteroatoms. The summed E-state index contributed by atoms with van der Waals surface area (Å²) < 4.78 is 2.19. The number of nitrogens with one attached hydrogen (secondary N) is 1. The molecule has 1 aromatic heterocycles. The van der Waals surface area contributed by atoms with Crippen LogP contribution in [-0.2, 0) is 4.79 Å². The predicted molar refractivity (Wildman–Crippen MR) is 163 cm³/mol. The molecule has 0 unspecified atom stereocenters. The molecule has 6 rings (SSSR count). The zero-order valence-corrected chi connectivity index (χ0v) is 21.7. The number of hydrogen-bond donors (Lipinski definition) is 1. The van der Waals surface area contributed by atoms with Gasteiger partial charge in [0.1, 0.15) is 11.6 Å². The van der Waals surface area contributed by atoms with Crippen LogP contribution in [0.5, 0.6) is 0 Å². The average molecular weight is 516 g/mol. The minimum absolute atomic E-state index is 0.0233. The number of rotatable bonds is 6. The Morgan fingerprint density at radius 2 is 1.27 bits per heavy atom. The van der Waals surface area contributed by atoms with Gasteiger partial charge in [0.2, 0.25) is 0 Å². The summed E-state index contributed by atoms with van der Waals surface area (Å²) >= 11 is 0. The quantitative estimate of drug-likeness (QED) is 0.179. The highest BCUT2D eigenvalue weighted by atomic mass is 16.1. The van der Waals surface area contributed by atoms with Crippen LogP contribution >= 0.6 is 0 Å². The number of carbonyl (C=O) groups is 1. The van der Waals surface area contributed by atoms with E-state index >= 15 is 0 Å². The van der Waals surface area contributed by atoms with Gasteiger partial charge in [-0.05, 0) is 58.3 Å². The summed E-state index contributed by atoms with van der Waals surface area (Å²) in [5, 5.41) is 15.1. The Labute approximate surface area is 233 Å². The van der Waals surface area contributed by atoms with E-state index in [1.807, 2.05) is 115 Å². The maximum Gasteiger partial charge on any atom is 0.266 e. The van der Waals surface area contributed by atoms with E-state index in [4.69, 9.17) is 0 Å². The van der Waals surface area contributed by atoms with E-state index < -0.39 is 5.91 Å². The molecule has 4 nitrogen and oxygen atoms in total. The van der Waals surface area contributed by atoms with E-state index in [1.54, 1.807) is 6.08 Å². The lowest BCUT2D eigenvalue weighted by Crippen LogP contribution is -2.13. The molecule has 0 saturated carbocycles. The Morgan fingerprint density at radius 3 is 1.95 bits per heavy atom. The van der Waals surface area contributed by atoms with Crippen LogP contribution in [0.3, 0.4) is 0 Å². The Hall–Kier alpha value is -5.66. The topological polar surface area (TPSA) is 57.8 Å². The van der Waals surface area contributed by atoms with Crippen molar-refractivity contribution in [3.05, 3.63) is 151 Å². The first-order valence-corrected chi connectivity index (χ1v) is 13.1. The molecule has 0 aliphatic rings. The maximum absolute atomic E-state index is 13.4. The summed E-state index contributed by atoms with van der Waals surface area (Å²) in [4.78, 5) is 13.4. The van der Waals surface area contributed by atoms with Gasteiger partial charge in [0, 0.05) is 16.9 Å². The number of carbonyl (C=O) groups excluding carboxylic acids is 1. The lowest BCUT2D eigenvalue weighted by atomic mass is 10.0. The molecule has 5 aromatic carbocycles. The fourth-order valence-corrected chi connectivity index (χ4v) is 4.97. The van der Waals surface area contributed by atoms with Gasteiger partial charge in [0.05, 0.1) is 11.4 Å². The van der Waals surface area contributed by atoms with E-state index in [0.29, 0.717) is 5.69 Å². The first kappa shape index (κ1) is 24.7. The van der Waals surface area contributed by atoms with Crippen molar-refractivity contribution in [3.63, 3.8) is 0 Å². The predicted octanol–water partition coefficient (Wildman–Crippen LogP) is 8.51. The van der Waals surface area contributed by atoms with Crippen LogP contribution in [0, 0.1) is 11.3 Å². The molecule has 1 heterocycles. The summed E-state index contributed by atoms with van der Waals surface area (Å²) in [5.41, 5.74) is 6.29. The van der Waals surface area contributed by atoms with Gasteiger partial charge in [-0.3, -0.25) is 4.79 Å². The fourth-order valence-electron chi connectivity index (χ4n) is 4.97. The molecule has 40 heavy (non-hydrogen) atoms. The number of nitrogens with zero attached hydrogens (tertiary/aromatic N) is 2. The molecule has 0 fully saturated rings. The van der Waals surface area contributed by atoms with Crippen LogP contribution in [0.4, 0.5) is 5.69 Å². The molecule has 0 aliphatic heterocycles. The van der Waals surface area contributed by atoms with Crippen LogP contribution in [0.1, 0.15) is 5.56 Å². The lowest BCUT2D eigenvalue weighted by molar-refractivity contribution is -0.112. The molecule has 1 amide bonds. The van der Waals surface area contributed by atoms with Crippen molar-refractivity contribution in [1.29, 1.82) is 5.26 Å². The second kappa shape index (κ2) is 11.0. The van der Waals surface area contributed by atoms with Gasteiger partial charge in [0.25, 0.3) is 5.91 Å². The van der Waals surface area contributed by atoms with Gasteiger partial charge >= 0.3 is 0 Å². The van der Waals surface area contributed by atoms with E-state index in [-0.39, 0.29) is 5.57 Å². The van der Waals surface area contributed by atoms with Crippen molar-refractivity contribution in [2.75, 3.05) is 5.32 Å². The number of nitriles is 1. The molecule has 6 aromatic rings. The highest BCUT2D eigenvalue weighted by molar-refractivity contribution is 6.10. The third kappa shape index (κ3) is 4.92. The number of benzene rings is 5. The maximum atomic E-state index is 13.4. The van der Waals surface area contributed by atoms with Crippen molar-refractivity contribution < 1.29 is 4.79 Å². The van der Waals surface area contributed by atoms with Crippen molar-refractivity contribution >= 4 is 28.4 Å². The van der Waals surface area contributed by atoms with Crippen LogP contribution < -0.4 is 5.32 Å². The van der Waals surface area contributed by atoms with Crippen LogP contribution in [0.2, 0.25) is 0 Å². The summed E-state index contributed by atoms with van der Waals surface area (Å²) in [7, 11) is 0. The Bertz CT molecular complexity index is 1880. The van der Waals surface area contributed by atoms with Crippen LogP contribution in [-0.4, -0.2) is 10.5 Å². The number of amides is 1. The minimum atomic E-state index is -0.453. The SMILES string of the molecule is N#CC(=Cc1cc(-c2ccccc2)n(-c2ccccc2)c1-c1ccccc1)C(=O)Nc1ccc2ccccc2c1. The van der Waals surface area contributed by atoms with Gasteiger partial charge in [-0.2, -0.15) is 5.26 Å². The third-order valence-electron chi connectivity index (χ3n) is 6.83. The molecule has 0 aliphatic carbocycles. The second-order valence-electron chi connectivity index (χ2n) is 9.42. The Morgan fingerprint density at radius 1 is 0.675 bits per heavy atom. The monoisotopic (exact) mass is 515 g/mol. The fraction of sp³-hybridized carbons (Fsp3) is 0. The molecule has 0 radical (unpaired) electrons. The Kier molecular flexibility index (Phi) is 6.77. The van der Waals surface area contributed by atoms with Gasteiger partial charge in [-0.1, -0.05) is 109 Å². The summed E-state index contributed by atoms with van der Waals surface area (Å²) in [6.45, 7) is 0. The van der Waals surface area contributed by atoms with Crippen LogP contribution in [0.15, 0.2) is 145 Å². The zero-order chi connectivity index (χ0) is 27.3. The molecule has 0 spiro atoms. The molecule has 0 atom stereocenters. The zero-order valence-electron chi connectivity index (χ0n) is 21.7. The molecular formula is C36H25N3O. The van der Waals surface area contributed by atoms with Gasteiger partial charge in [-0.15, -0.1) is 0 Å². The summed E-state index contributed by atoms with van der Waals surface area (Å²) in [6.07, 6.45) is 1.69. The van der Waals surface area contributed by atoms with E-state index in [1.165, 1.54) is 0 Å². The molecule has 0 bridgehead atoms. The number of hydrogen-bond acceptors (Lipinski definition) is 2. The lowest BCUT2D eigenvalue weighted by Gasteiger charge is -2.15. The second-order valence-corrected chi connectivity index (χ2v) is 9.42. The number of fused-ring (bicyclic) bond motifs is 1. The highest BCUT2D eigenvalue weighted by Gasteiger charge is 2.20. The van der Waals surface area contributed by atoms with E-state index in [0.717, 1.165) is 44.5 Å². The largest absolute Gasteiger partial charge is 0.321 e. The standard InChI is InChI=1S/C36H25N3O/c37-25-31(36(40)38-32-21-20-26-12-10-11-17-29(26)23-32)22-30-24-34(27-13-4-1-5-14-27)39(33-18-8-3-9-19-33)35(30)28-15-6-2-7-16-28/h1-24H,(H,38,40). The Balaban J connectivity index is 1.50. The molecular weight excluding hydrogens is 490 g/mol. The number of anilines is 1. The van der Waals surface area contributed by atoms with Crippen molar-refractivity contribution in [2.24, 2.45) is 0 Å². The van der Waals surface area contributed by atoms with Crippen LogP contribution in [0.25, 0.3) is 45.1 Å². The van der Waals surface area contributed by atoms with Crippen molar-refractivity contribution in [2.45, 2.75) is 0 Å². The number of para-hydroxylation sites is 1. The minimum Gasteiger partial charge on any atom is -0.321 e. The van der Waals surface area contributed by atoms with Gasteiger partial charge in [-0.25, -0.2) is 0 Å². The van der Waals surface area contributed by atoms with Crippen molar-refractivity contribution in [3.8, 4) is 34.3 Å².